The lowest BCUT2D eigenvalue weighted by molar-refractivity contribution is 0.0164. The largest absolute Gasteiger partial charge is 0.444 e. The fourth-order valence-electron chi connectivity index (χ4n) is 1.33. The number of hydrogen-bond donors (Lipinski definition) is 2. The smallest absolute Gasteiger partial charge is 0.411 e. The molecule has 1 amide bonds. The minimum atomic E-state index is -0.637. The highest BCUT2D eigenvalue weighted by Gasteiger charge is 2.35. The molecule has 0 aromatic carbocycles. The zero-order valence-electron chi connectivity index (χ0n) is 8.86. The molecule has 0 aliphatic carbocycles. The quantitative estimate of drug-likeness (QED) is 0.591. The molecule has 1 rings (SSSR count). The van der Waals surface area contributed by atoms with Crippen LogP contribution in [0.3, 0.4) is 0 Å². The summed E-state index contributed by atoms with van der Waals surface area (Å²) in [5.74, 6) is 0. The van der Waals surface area contributed by atoms with Crippen molar-refractivity contribution in [2.45, 2.75) is 45.1 Å². The Balaban J connectivity index is 2.54. The second kappa shape index (κ2) is 3.74. The van der Waals surface area contributed by atoms with Crippen molar-refractivity contribution in [3.05, 3.63) is 0 Å². The Bertz CT molecular complexity index is 225. The van der Waals surface area contributed by atoms with Crippen molar-refractivity contribution in [3.8, 4) is 0 Å². The number of nitrogens with two attached hydrogens (primary N) is 1. The van der Waals surface area contributed by atoms with Gasteiger partial charge in [-0.25, -0.2) is 4.79 Å². The molecule has 1 fully saturated rings. The zero-order chi connectivity index (χ0) is 10.9. The molecule has 0 aromatic rings. The van der Waals surface area contributed by atoms with Crippen molar-refractivity contribution in [1.29, 1.82) is 0 Å². The summed E-state index contributed by atoms with van der Waals surface area (Å²) in [7, 11) is 0. The molecule has 82 valence electrons. The minimum absolute atomic E-state index is 0.456. The molecule has 2 unspecified atom stereocenters. The van der Waals surface area contributed by atoms with Gasteiger partial charge in [-0.05, 0) is 27.2 Å². The van der Waals surface area contributed by atoms with Gasteiger partial charge in [0.2, 0.25) is 0 Å². The van der Waals surface area contributed by atoms with Gasteiger partial charge in [-0.3, -0.25) is 4.90 Å². The predicted molar refractivity (Wildman–Crippen MR) is 51.5 cm³/mol. The molecular weight excluding hydrogens is 184 g/mol. The molecule has 1 heterocycles. The van der Waals surface area contributed by atoms with Crippen molar-refractivity contribution in [3.63, 3.8) is 0 Å². The molecule has 0 saturated carbocycles. The first-order valence-electron chi connectivity index (χ1n) is 4.74. The van der Waals surface area contributed by atoms with Gasteiger partial charge in [0.25, 0.3) is 0 Å². The number of carbonyl (C=O) groups is 1. The van der Waals surface area contributed by atoms with Crippen LogP contribution in [-0.4, -0.2) is 40.5 Å². The summed E-state index contributed by atoms with van der Waals surface area (Å²) in [6.45, 7) is 5.84. The van der Waals surface area contributed by atoms with Crippen LogP contribution in [0, 0.1) is 0 Å². The lowest BCUT2D eigenvalue weighted by Gasteiger charge is -2.27. The SMILES string of the molecule is CC(C)(C)OC(=O)N1CCC(O)C1N. The zero-order valence-corrected chi connectivity index (χ0v) is 8.86. The fourth-order valence-corrected chi connectivity index (χ4v) is 1.33. The number of ether oxygens (including phenoxy) is 1. The summed E-state index contributed by atoms with van der Waals surface area (Å²) in [5.41, 5.74) is 5.09. The van der Waals surface area contributed by atoms with Crippen LogP contribution >= 0.6 is 0 Å². The fraction of sp³-hybridized carbons (Fsp3) is 0.889. The first-order chi connectivity index (χ1) is 6.31. The minimum Gasteiger partial charge on any atom is -0.444 e. The van der Waals surface area contributed by atoms with E-state index in [0.717, 1.165) is 0 Å². The number of amides is 1. The van der Waals surface area contributed by atoms with E-state index in [1.807, 2.05) is 0 Å². The van der Waals surface area contributed by atoms with Crippen LogP contribution in [0.2, 0.25) is 0 Å². The normalized spacial score (nSPS) is 27.9. The Morgan fingerprint density at radius 3 is 2.50 bits per heavy atom. The Morgan fingerprint density at radius 2 is 2.14 bits per heavy atom. The van der Waals surface area contributed by atoms with Gasteiger partial charge in [0, 0.05) is 6.54 Å². The Hall–Kier alpha value is -0.810. The second-order valence-corrected chi connectivity index (χ2v) is 4.52. The van der Waals surface area contributed by atoms with E-state index in [-0.39, 0.29) is 0 Å². The van der Waals surface area contributed by atoms with Crippen LogP contribution in [0.4, 0.5) is 4.79 Å². The van der Waals surface area contributed by atoms with E-state index in [4.69, 9.17) is 10.5 Å². The molecule has 1 aliphatic rings. The molecule has 3 N–H and O–H groups in total. The number of likely N-dealkylation sites (tertiary alicyclic amines) is 1. The van der Waals surface area contributed by atoms with Crippen LogP contribution in [0.15, 0.2) is 0 Å². The Kier molecular flexibility index (Phi) is 3.01. The van der Waals surface area contributed by atoms with Crippen molar-refractivity contribution in [1.82, 2.24) is 4.90 Å². The summed E-state index contributed by atoms with van der Waals surface area (Å²) in [4.78, 5) is 12.9. The van der Waals surface area contributed by atoms with Gasteiger partial charge >= 0.3 is 6.09 Å². The third kappa shape index (κ3) is 2.59. The average Bonchev–Trinajstić information content (AvgIpc) is 2.29. The van der Waals surface area contributed by atoms with E-state index >= 15 is 0 Å². The topological polar surface area (TPSA) is 75.8 Å². The molecule has 0 aromatic heterocycles. The molecule has 1 saturated heterocycles. The maximum Gasteiger partial charge on any atom is 0.411 e. The standard InChI is InChI=1S/C9H18N2O3/c1-9(2,3)14-8(13)11-5-4-6(12)7(11)10/h6-7,12H,4-5,10H2,1-3H3. The van der Waals surface area contributed by atoms with E-state index in [1.165, 1.54) is 4.90 Å². The summed E-state index contributed by atoms with van der Waals surface area (Å²) in [6, 6.07) is 0. The van der Waals surface area contributed by atoms with Gasteiger partial charge in [0.1, 0.15) is 11.8 Å². The van der Waals surface area contributed by atoms with Crippen molar-refractivity contribution in [2.75, 3.05) is 6.54 Å². The van der Waals surface area contributed by atoms with E-state index < -0.39 is 24.0 Å². The second-order valence-electron chi connectivity index (χ2n) is 4.52. The highest BCUT2D eigenvalue weighted by Crippen LogP contribution is 2.17. The molecule has 0 bridgehead atoms. The van der Waals surface area contributed by atoms with Crippen LogP contribution in [0.5, 0.6) is 0 Å². The molecule has 2 atom stereocenters. The number of nitrogens with zero attached hydrogens (tertiary/aromatic N) is 1. The van der Waals surface area contributed by atoms with Gasteiger partial charge < -0.3 is 15.6 Å². The first kappa shape index (κ1) is 11.3. The summed E-state index contributed by atoms with van der Waals surface area (Å²) < 4.78 is 5.14. The number of hydrogen-bond acceptors (Lipinski definition) is 4. The maximum atomic E-state index is 11.5. The highest BCUT2D eigenvalue weighted by molar-refractivity contribution is 5.69. The van der Waals surface area contributed by atoms with E-state index in [1.54, 1.807) is 20.8 Å². The molecule has 1 aliphatic heterocycles. The lowest BCUT2D eigenvalue weighted by atomic mass is 10.2. The van der Waals surface area contributed by atoms with Crippen molar-refractivity contribution >= 4 is 6.09 Å². The maximum absolute atomic E-state index is 11.5. The van der Waals surface area contributed by atoms with Crippen LogP contribution < -0.4 is 5.73 Å². The Labute approximate surface area is 83.8 Å². The summed E-state index contributed by atoms with van der Waals surface area (Å²) in [5, 5.41) is 9.34. The van der Waals surface area contributed by atoms with E-state index in [0.29, 0.717) is 13.0 Å². The van der Waals surface area contributed by atoms with Crippen molar-refractivity contribution in [2.24, 2.45) is 5.73 Å². The van der Waals surface area contributed by atoms with Crippen LogP contribution in [0.1, 0.15) is 27.2 Å². The molecule has 0 spiro atoms. The summed E-state index contributed by atoms with van der Waals surface area (Å²) >= 11 is 0. The average molecular weight is 202 g/mol. The van der Waals surface area contributed by atoms with Gasteiger partial charge in [-0.2, -0.15) is 0 Å². The molecule has 5 heteroatoms. The molecule has 5 nitrogen and oxygen atoms in total. The van der Waals surface area contributed by atoms with E-state index in [9.17, 15) is 9.90 Å². The van der Waals surface area contributed by atoms with Gasteiger partial charge in [0.05, 0.1) is 6.10 Å². The highest BCUT2D eigenvalue weighted by atomic mass is 16.6. The molecular formula is C9H18N2O3. The van der Waals surface area contributed by atoms with Crippen LogP contribution in [-0.2, 0) is 4.74 Å². The van der Waals surface area contributed by atoms with Crippen LogP contribution in [0.25, 0.3) is 0 Å². The molecule has 0 radical (unpaired) electrons. The number of rotatable bonds is 0. The van der Waals surface area contributed by atoms with Gasteiger partial charge in [-0.1, -0.05) is 0 Å². The molecule has 14 heavy (non-hydrogen) atoms. The third-order valence-corrected chi connectivity index (χ3v) is 2.05. The number of aliphatic hydroxyl groups is 1. The van der Waals surface area contributed by atoms with E-state index in [2.05, 4.69) is 0 Å². The first-order valence-corrected chi connectivity index (χ1v) is 4.74. The summed E-state index contributed by atoms with van der Waals surface area (Å²) in [6.07, 6.45) is -1.21. The van der Waals surface area contributed by atoms with Gasteiger partial charge in [0.15, 0.2) is 0 Å². The predicted octanol–water partition coefficient (Wildman–Crippen LogP) is 0.273. The lowest BCUT2D eigenvalue weighted by Crippen LogP contribution is -2.47. The third-order valence-electron chi connectivity index (χ3n) is 2.05. The van der Waals surface area contributed by atoms with Gasteiger partial charge in [-0.15, -0.1) is 0 Å². The number of aliphatic hydroxyl groups excluding tert-OH is 1. The van der Waals surface area contributed by atoms with Crippen molar-refractivity contribution < 1.29 is 14.6 Å². The monoisotopic (exact) mass is 202 g/mol. The Morgan fingerprint density at radius 1 is 1.57 bits per heavy atom. The number of carbonyl (C=O) groups excluding carboxylic acids is 1.